The van der Waals surface area contributed by atoms with Crippen LogP contribution in [0.25, 0.3) is 0 Å². The van der Waals surface area contributed by atoms with Gasteiger partial charge in [-0.25, -0.2) is 0 Å². The van der Waals surface area contributed by atoms with Gasteiger partial charge in [0.1, 0.15) is 0 Å². The van der Waals surface area contributed by atoms with E-state index in [1.165, 1.54) is 0 Å². The highest BCUT2D eigenvalue weighted by atomic mass is 35.5. The Balaban J connectivity index is 1.45. The van der Waals surface area contributed by atoms with Gasteiger partial charge in [-0.1, -0.05) is 23.7 Å². The highest BCUT2D eigenvalue weighted by molar-refractivity contribution is 6.30. The normalized spacial score (nSPS) is 17.6. The van der Waals surface area contributed by atoms with Gasteiger partial charge >= 0.3 is 0 Å². The van der Waals surface area contributed by atoms with Gasteiger partial charge in [-0.05, 0) is 37.5 Å². The molecular weight excluding hydrogens is 402 g/mol. The summed E-state index contributed by atoms with van der Waals surface area (Å²) in [5.41, 5.74) is 0.946. The van der Waals surface area contributed by atoms with Crippen LogP contribution in [0.2, 0.25) is 5.02 Å². The fourth-order valence-corrected chi connectivity index (χ4v) is 4.13. The molecule has 2 amide bonds. The summed E-state index contributed by atoms with van der Waals surface area (Å²) in [4.78, 5) is 35.1. The molecule has 2 fully saturated rings. The highest BCUT2D eigenvalue weighted by Crippen LogP contribution is 2.13. The number of hydrogen-bond acceptors (Lipinski definition) is 3. The maximum absolute atomic E-state index is 12.6. The van der Waals surface area contributed by atoms with Crippen molar-refractivity contribution in [2.75, 3.05) is 52.4 Å². The van der Waals surface area contributed by atoms with Gasteiger partial charge in [0.15, 0.2) is 5.96 Å². The van der Waals surface area contributed by atoms with E-state index in [0.717, 1.165) is 57.1 Å². The second kappa shape index (κ2) is 11.2. The average Bonchev–Trinajstić information content (AvgIpc) is 3.15. The number of piperazine rings is 1. The largest absolute Gasteiger partial charge is 0.357 e. The van der Waals surface area contributed by atoms with E-state index in [1.54, 1.807) is 0 Å². The molecule has 2 heterocycles. The van der Waals surface area contributed by atoms with Crippen LogP contribution < -0.4 is 5.32 Å². The quantitative estimate of drug-likeness (QED) is 0.405. The van der Waals surface area contributed by atoms with E-state index in [9.17, 15) is 9.59 Å². The minimum Gasteiger partial charge on any atom is -0.357 e. The van der Waals surface area contributed by atoms with E-state index in [1.807, 2.05) is 34.1 Å². The van der Waals surface area contributed by atoms with Crippen LogP contribution in [0.5, 0.6) is 0 Å². The summed E-state index contributed by atoms with van der Waals surface area (Å²) < 4.78 is 0. The first-order chi connectivity index (χ1) is 14.6. The van der Waals surface area contributed by atoms with Crippen molar-refractivity contribution in [1.82, 2.24) is 20.0 Å². The molecule has 0 unspecified atom stereocenters. The summed E-state index contributed by atoms with van der Waals surface area (Å²) in [6.45, 7) is 8.12. The van der Waals surface area contributed by atoms with E-state index in [4.69, 9.17) is 16.6 Å². The number of likely N-dealkylation sites (tertiary alicyclic amines) is 1. The van der Waals surface area contributed by atoms with Gasteiger partial charge in [0, 0.05) is 63.8 Å². The molecule has 0 bridgehead atoms. The summed E-state index contributed by atoms with van der Waals surface area (Å²) in [5.74, 6) is 1.30. The molecule has 30 heavy (non-hydrogen) atoms. The number of nitrogens with one attached hydrogen (secondary N) is 1. The smallest absolute Gasteiger partial charge is 0.227 e. The molecule has 0 aromatic heterocycles. The average molecular weight is 434 g/mol. The second-order valence-electron chi connectivity index (χ2n) is 7.75. The first-order valence-electron chi connectivity index (χ1n) is 10.9. The third kappa shape index (κ3) is 6.36. The van der Waals surface area contributed by atoms with Gasteiger partial charge in [-0.15, -0.1) is 0 Å². The van der Waals surface area contributed by atoms with Gasteiger partial charge in [0.2, 0.25) is 11.8 Å². The molecule has 0 spiro atoms. The monoisotopic (exact) mass is 433 g/mol. The molecule has 3 rings (SSSR count). The Labute approximate surface area is 184 Å². The predicted molar refractivity (Wildman–Crippen MR) is 120 cm³/mol. The van der Waals surface area contributed by atoms with E-state index >= 15 is 0 Å². The lowest BCUT2D eigenvalue weighted by Crippen LogP contribution is -2.54. The molecule has 1 aromatic carbocycles. The number of aliphatic imine (C=N–C) groups is 1. The predicted octanol–water partition coefficient (Wildman–Crippen LogP) is 2.00. The fourth-order valence-electron chi connectivity index (χ4n) is 3.91. The van der Waals surface area contributed by atoms with Crippen molar-refractivity contribution in [1.29, 1.82) is 0 Å². The number of rotatable bonds is 7. The summed E-state index contributed by atoms with van der Waals surface area (Å²) >= 11 is 6.02. The van der Waals surface area contributed by atoms with Crippen molar-refractivity contribution in [3.05, 3.63) is 34.9 Å². The Morgan fingerprint density at radius 1 is 1.17 bits per heavy atom. The van der Waals surface area contributed by atoms with Gasteiger partial charge in [-0.3, -0.25) is 14.6 Å². The van der Waals surface area contributed by atoms with E-state index in [0.29, 0.717) is 37.5 Å². The van der Waals surface area contributed by atoms with Crippen molar-refractivity contribution >= 4 is 29.4 Å². The van der Waals surface area contributed by atoms with Gasteiger partial charge in [0.25, 0.3) is 0 Å². The summed E-state index contributed by atoms with van der Waals surface area (Å²) in [7, 11) is 0. The van der Waals surface area contributed by atoms with Crippen LogP contribution in [-0.4, -0.2) is 84.8 Å². The Kier molecular flexibility index (Phi) is 8.37. The maximum atomic E-state index is 12.6. The van der Waals surface area contributed by atoms with E-state index in [2.05, 4.69) is 17.1 Å². The van der Waals surface area contributed by atoms with Crippen LogP contribution in [0.4, 0.5) is 0 Å². The van der Waals surface area contributed by atoms with Crippen LogP contribution in [0.15, 0.2) is 29.3 Å². The zero-order valence-corrected chi connectivity index (χ0v) is 18.5. The molecule has 2 saturated heterocycles. The lowest BCUT2D eigenvalue weighted by molar-refractivity contribution is -0.131. The fraction of sp³-hybridized carbons (Fsp3) is 0.591. The van der Waals surface area contributed by atoms with Crippen molar-refractivity contribution < 1.29 is 9.59 Å². The van der Waals surface area contributed by atoms with E-state index < -0.39 is 0 Å². The van der Waals surface area contributed by atoms with Crippen molar-refractivity contribution in [2.24, 2.45) is 4.99 Å². The summed E-state index contributed by atoms with van der Waals surface area (Å²) in [6, 6.07) is 7.48. The number of carbonyl (C=O) groups is 2. The van der Waals surface area contributed by atoms with Crippen molar-refractivity contribution in [2.45, 2.75) is 32.6 Å². The van der Waals surface area contributed by atoms with Crippen LogP contribution in [-0.2, 0) is 16.0 Å². The molecule has 1 N–H and O–H groups in total. The van der Waals surface area contributed by atoms with Gasteiger partial charge in [0.05, 0.1) is 6.42 Å². The number of hydrogen-bond donors (Lipinski definition) is 1. The Hall–Kier alpha value is -2.28. The molecule has 0 saturated carbocycles. The van der Waals surface area contributed by atoms with Crippen LogP contribution in [0, 0.1) is 0 Å². The first-order valence-corrected chi connectivity index (χ1v) is 11.3. The molecular formula is C22H32ClN5O2. The number of guanidine groups is 1. The Morgan fingerprint density at radius 2 is 1.93 bits per heavy atom. The maximum Gasteiger partial charge on any atom is 0.227 e. The number of benzene rings is 1. The minimum absolute atomic E-state index is 0.133. The molecule has 0 aliphatic carbocycles. The highest BCUT2D eigenvalue weighted by Gasteiger charge is 2.23. The lowest BCUT2D eigenvalue weighted by Gasteiger charge is -2.36. The number of nitrogens with zero attached hydrogens (tertiary/aromatic N) is 4. The number of amides is 2. The zero-order valence-electron chi connectivity index (χ0n) is 17.8. The zero-order chi connectivity index (χ0) is 21.3. The van der Waals surface area contributed by atoms with E-state index in [-0.39, 0.29) is 11.8 Å². The molecule has 8 heteroatoms. The molecule has 164 valence electrons. The molecule has 7 nitrogen and oxygen atoms in total. The van der Waals surface area contributed by atoms with Crippen molar-refractivity contribution in [3.8, 4) is 0 Å². The van der Waals surface area contributed by atoms with Crippen LogP contribution >= 0.6 is 11.6 Å². The number of halogens is 1. The molecule has 2 aliphatic heterocycles. The third-order valence-corrected chi connectivity index (χ3v) is 5.77. The molecule has 0 radical (unpaired) electrons. The first kappa shape index (κ1) is 22.4. The van der Waals surface area contributed by atoms with Crippen molar-refractivity contribution in [3.63, 3.8) is 0 Å². The number of carbonyl (C=O) groups excluding carboxylic acids is 2. The molecule has 2 aliphatic rings. The Morgan fingerprint density at radius 3 is 2.60 bits per heavy atom. The minimum atomic E-state index is 0.133. The third-order valence-electron chi connectivity index (χ3n) is 5.53. The van der Waals surface area contributed by atoms with Gasteiger partial charge in [-0.2, -0.15) is 0 Å². The standard InChI is InChI=1S/C22H32ClN5O2/c1-2-24-22(25-9-5-11-26-10-4-8-20(26)29)28-14-12-27(13-15-28)21(30)17-18-6-3-7-19(23)16-18/h3,6-7,16H,2,4-5,8-15,17H2,1H3,(H,24,25). The summed E-state index contributed by atoms with van der Waals surface area (Å²) in [5, 5.41) is 4.02. The topological polar surface area (TPSA) is 68.2 Å². The van der Waals surface area contributed by atoms with Crippen LogP contribution in [0.3, 0.4) is 0 Å². The lowest BCUT2D eigenvalue weighted by atomic mass is 10.1. The molecule has 1 aromatic rings. The molecule has 0 atom stereocenters. The summed E-state index contributed by atoms with van der Waals surface area (Å²) in [6.07, 6.45) is 2.92. The van der Waals surface area contributed by atoms with Gasteiger partial charge < -0.3 is 20.0 Å². The van der Waals surface area contributed by atoms with Crippen LogP contribution in [0.1, 0.15) is 31.7 Å². The Bertz CT molecular complexity index is 762. The second-order valence-corrected chi connectivity index (χ2v) is 8.18. The SMILES string of the molecule is CCNC(=NCCCN1CCCC1=O)N1CCN(C(=O)Cc2cccc(Cl)c2)CC1.